The summed E-state index contributed by atoms with van der Waals surface area (Å²) in [6.45, 7) is 5.08. The van der Waals surface area contributed by atoms with Gasteiger partial charge in [-0.2, -0.15) is 0 Å². The number of aliphatic hydroxyl groups excluding tert-OH is 1. The van der Waals surface area contributed by atoms with Crippen LogP contribution in [0.1, 0.15) is 46.5 Å². The predicted molar refractivity (Wildman–Crippen MR) is 100 cm³/mol. The smallest absolute Gasteiger partial charge is 0.346 e. The van der Waals surface area contributed by atoms with Crippen molar-refractivity contribution in [2.24, 2.45) is 28.6 Å². The van der Waals surface area contributed by atoms with Gasteiger partial charge in [0.2, 0.25) is 0 Å². The van der Waals surface area contributed by atoms with Gasteiger partial charge in [0.15, 0.2) is 17.1 Å². The van der Waals surface area contributed by atoms with Crippen LogP contribution >= 0.6 is 0 Å². The second kappa shape index (κ2) is 6.08. The molecule has 4 rings (SSSR count). The Hall–Kier alpha value is -1.86. The molecule has 29 heavy (non-hydrogen) atoms. The molecule has 2 N–H and O–H groups in total. The third-order valence-electron chi connectivity index (χ3n) is 8.69. The largest absolute Gasteiger partial charge is 0.393 e. The quantitative estimate of drug-likeness (QED) is 0.413. The first-order valence-electron chi connectivity index (χ1n) is 10.1. The fraction of sp³-hybridized carbons (Fsp3) is 0.682. The van der Waals surface area contributed by atoms with E-state index in [0.29, 0.717) is 24.8 Å². The average molecular weight is 406 g/mol. The van der Waals surface area contributed by atoms with Crippen LogP contribution in [0.4, 0.5) is 4.39 Å². The second-order valence-corrected chi connectivity index (χ2v) is 9.67. The number of rotatable bonds is 2. The van der Waals surface area contributed by atoms with Crippen molar-refractivity contribution in [1.82, 2.24) is 0 Å². The number of ketones is 1. The molecular formula is C22H27FO6. The van der Waals surface area contributed by atoms with E-state index in [9.17, 15) is 24.6 Å². The molecule has 0 aromatic heterocycles. The molecule has 0 bridgehead atoms. The summed E-state index contributed by atoms with van der Waals surface area (Å²) in [5.41, 5.74) is -5.61. The van der Waals surface area contributed by atoms with Gasteiger partial charge in [-0.25, -0.2) is 9.18 Å². The summed E-state index contributed by atoms with van der Waals surface area (Å²) in [5, 5.41) is 22.5. The molecule has 4 aliphatic carbocycles. The first-order valence-corrected chi connectivity index (χ1v) is 10.1. The van der Waals surface area contributed by atoms with Gasteiger partial charge >= 0.3 is 12.4 Å². The van der Waals surface area contributed by atoms with Crippen molar-refractivity contribution in [3.8, 4) is 0 Å². The molecule has 0 amide bonds. The number of halogens is 1. The molecule has 8 atom stereocenters. The maximum Gasteiger partial charge on any atom is 0.346 e. The Morgan fingerprint density at radius 2 is 2.03 bits per heavy atom. The first-order chi connectivity index (χ1) is 13.5. The van der Waals surface area contributed by atoms with Gasteiger partial charge in [-0.1, -0.05) is 25.5 Å². The van der Waals surface area contributed by atoms with Crippen molar-refractivity contribution < 1.29 is 33.7 Å². The van der Waals surface area contributed by atoms with E-state index in [0.717, 1.165) is 0 Å². The molecule has 7 heteroatoms. The molecule has 0 spiro atoms. The Balaban J connectivity index is 1.82. The number of allylic oxidation sites excluding steroid dienone is 4. The number of fused-ring (bicyclic) bond motifs is 5. The molecule has 0 aliphatic heterocycles. The van der Waals surface area contributed by atoms with Gasteiger partial charge in [0.05, 0.1) is 6.10 Å². The lowest BCUT2D eigenvalue weighted by Gasteiger charge is -2.62. The lowest BCUT2D eigenvalue weighted by Crippen LogP contribution is -2.69. The monoisotopic (exact) mass is 406 g/mol. The molecule has 158 valence electrons. The van der Waals surface area contributed by atoms with Crippen LogP contribution in [-0.4, -0.2) is 45.8 Å². The van der Waals surface area contributed by atoms with Crippen LogP contribution in [0.25, 0.3) is 0 Å². The molecular weight excluding hydrogens is 379 g/mol. The normalized spacial score (nSPS) is 50.8. The van der Waals surface area contributed by atoms with Crippen LogP contribution in [0.5, 0.6) is 0 Å². The molecule has 0 radical (unpaired) electrons. The number of ether oxygens (including phenoxy) is 1. The van der Waals surface area contributed by atoms with Gasteiger partial charge in [0.1, 0.15) is 0 Å². The number of hydrogen-bond donors (Lipinski definition) is 2. The van der Waals surface area contributed by atoms with E-state index in [1.165, 1.54) is 12.2 Å². The molecule has 0 heterocycles. The van der Waals surface area contributed by atoms with Crippen molar-refractivity contribution in [3.05, 3.63) is 23.8 Å². The van der Waals surface area contributed by atoms with E-state index in [4.69, 9.17) is 0 Å². The van der Waals surface area contributed by atoms with Crippen molar-refractivity contribution in [2.75, 3.05) is 0 Å². The summed E-state index contributed by atoms with van der Waals surface area (Å²) < 4.78 is 21.4. The molecule has 3 saturated carbocycles. The van der Waals surface area contributed by atoms with Gasteiger partial charge in [-0.05, 0) is 56.6 Å². The Labute approximate surface area is 168 Å². The molecule has 0 unspecified atom stereocenters. The Bertz CT molecular complexity index is 850. The number of esters is 1. The Morgan fingerprint density at radius 1 is 1.34 bits per heavy atom. The minimum atomic E-state index is -2.03. The van der Waals surface area contributed by atoms with Crippen molar-refractivity contribution in [2.45, 2.75) is 63.8 Å². The van der Waals surface area contributed by atoms with E-state index in [2.05, 4.69) is 4.74 Å². The van der Waals surface area contributed by atoms with Gasteiger partial charge in [0.25, 0.3) is 0 Å². The fourth-order valence-corrected chi connectivity index (χ4v) is 7.12. The predicted octanol–water partition coefficient (Wildman–Crippen LogP) is 2.03. The van der Waals surface area contributed by atoms with Crippen molar-refractivity contribution in [3.63, 3.8) is 0 Å². The van der Waals surface area contributed by atoms with Crippen LogP contribution in [-0.2, 0) is 19.1 Å². The maximum absolute atomic E-state index is 16.9. The summed E-state index contributed by atoms with van der Waals surface area (Å²) in [5.74, 6) is -2.80. The van der Waals surface area contributed by atoms with Crippen LogP contribution in [0.15, 0.2) is 23.8 Å². The third-order valence-corrected chi connectivity index (χ3v) is 8.69. The highest BCUT2D eigenvalue weighted by Gasteiger charge is 2.76. The minimum Gasteiger partial charge on any atom is -0.393 e. The maximum atomic E-state index is 16.9. The lowest BCUT2D eigenvalue weighted by molar-refractivity contribution is -0.226. The van der Waals surface area contributed by atoms with Gasteiger partial charge in [-0.3, -0.25) is 9.59 Å². The second-order valence-electron chi connectivity index (χ2n) is 9.67. The zero-order valence-corrected chi connectivity index (χ0v) is 16.9. The standard InChI is InChI=1S/C22H27FO6/c1-12-8-16-15-5-4-13-9-14(25)6-7-19(13,2)21(15,23)17(26)10-20(16,3)22(12,28)18(27)29-11-24/h6-7,9,11-12,15-17,26,28H,4-5,8,10H2,1-3H3/t12-,15+,16+,17+,19+,20+,21+,22+/m1/s1. The van der Waals surface area contributed by atoms with E-state index in [-0.39, 0.29) is 24.6 Å². The first kappa shape index (κ1) is 20.4. The fourth-order valence-electron chi connectivity index (χ4n) is 7.12. The number of carbonyl (C=O) groups is 3. The summed E-state index contributed by atoms with van der Waals surface area (Å²) in [7, 11) is 0. The molecule has 4 aliphatic rings. The Morgan fingerprint density at radius 3 is 2.69 bits per heavy atom. The van der Waals surface area contributed by atoms with Crippen LogP contribution in [0.2, 0.25) is 0 Å². The molecule has 0 saturated heterocycles. The summed E-state index contributed by atoms with van der Waals surface area (Å²) in [6, 6.07) is 0. The minimum absolute atomic E-state index is 0.00896. The molecule has 0 aromatic carbocycles. The van der Waals surface area contributed by atoms with Crippen molar-refractivity contribution in [1.29, 1.82) is 0 Å². The van der Waals surface area contributed by atoms with E-state index < -0.39 is 46.0 Å². The molecule has 3 fully saturated rings. The van der Waals surface area contributed by atoms with Gasteiger partial charge in [-0.15, -0.1) is 0 Å². The average Bonchev–Trinajstić information content (AvgIpc) is 2.85. The molecule has 0 aromatic rings. The SMILES string of the molecule is C[C@@H]1C[C@H]2[C@@H]3CCC4=CC(=O)C=C[C@]4(C)[C@@]3(F)[C@@H](O)C[C@]2(C)[C@@]1(O)C(=O)OC=O. The van der Waals surface area contributed by atoms with Gasteiger partial charge in [0, 0.05) is 16.7 Å². The number of alkyl halides is 1. The number of carbonyl (C=O) groups excluding carboxylic acids is 3. The summed E-state index contributed by atoms with van der Waals surface area (Å²) in [4.78, 5) is 35.2. The van der Waals surface area contributed by atoms with E-state index in [1.54, 1.807) is 26.8 Å². The Kier molecular flexibility index (Phi) is 4.28. The zero-order valence-electron chi connectivity index (χ0n) is 16.9. The molecule has 6 nitrogen and oxygen atoms in total. The highest BCUT2D eigenvalue weighted by atomic mass is 19.1. The van der Waals surface area contributed by atoms with Gasteiger partial charge < -0.3 is 14.9 Å². The number of aliphatic hydroxyl groups is 2. The van der Waals surface area contributed by atoms with E-state index >= 15 is 4.39 Å². The van der Waals surface area contributed by atoms with Crippen LogP contribution in [0.3, 0.4) is 0 Å². The third kappa shape index (κ3) is 2.20. The van der Waals surface area contributed by atoms with E-state index in [1.807, 2.05) is 0 Å². The van der Waals surface area contributed by atoms with Crippen LogP contribution < -0.4 is 0 Å². The summed E-state index contributed by atoms with van der Waals surface area (Å²) >= 11 is 0. The highest BCUT2D eigenvalue weighted by molar-refractivity contribution is 6.01. The highest BCUT2D eigenvalue weighted by Crippen LogP contribution is 2.70. The lowest BCUT2D eigenvalue weighted by atomic mass is 9.45. The topological polar surface area (TPSA) is 101 Å². The van der Waals surface area contributed by atoms with Crippen molar-refractivity contribution >= 4 is 18.2 Å². The van der Waals surface area contributed by atoms with Crippen LogP contribution in [0, 0.1) is 28.6 Å². The number of hydrogen-bond acceptors (Lipinski definition) is 6. The summed E-state index contributed by atoms with van der Waals surface area (Å²) in [6.07, 6.45) is 4.06. The zero-order chi connectivity index (χ0) is 21.4.